The molecule has 1 aromatic heterocycles. The van der Waals surface area contributed by atoms with Crippen molar-refractivity contribution < 1.29 is 19.3 Å². The number of aromatic hydroxyl groups is 1. The molecule has 3 rings (SSSR count). The third-order valence-corrected chi connectivity index (χ3v) is 4.06. The molecule has 0 saturated carbocycles. The summed E-state index contributed by atoms with van der Waals surface area (Å²) >= 11 is 0. The Bertz CT molecular complexity index is 963. The largest absolute Gasteiger partial charge is 0.507 e. The lowest BCUT2D eigenvalue weighted by Crippen LogP contribution is -2.21. The van der Waals surface area contributed by atoms with Crippen LogP contribution in [0.15, 0.2) is 47.3 Å². The van der Waals surface area contributed by atoms with E-state index in [4.69, 9.17) is 14.2 Å². The Labute approximate surface area is 144 Å². The summed E-state index contributed by atoms with van der Waals surface area (Å²) in [6.45, 7) is 0.336. The Balaban J connectivity index is 2.38. The number of nitrogens with zero attached hydrogens (tertiary/aromatic N) is 1. The first kappa shape index (κ1) is 16.7. The van der Waals surface area contributed by atoms with Crippen LogP contribution in [0.2, 0.25) is 0 Å². The van der Waals surface area contributed by atoms with E-state index >= 15 is 0 Å². The normalized spacial score (nSPS) is 10.7. The van der Waals surface area contributed by atoms with Gasteiger partial charge in [0.25, 0.3) is 5.56 Å². The molecule has 1 heterocycles. The van der Waals surface area contributed by atoms with E-state index in [2.05, 4.69) is 0 Å². The van der Waals surface area contributed by atoms with Gasteiger partial charge in [-0.25, -0.2) is 0 Å². The molecule has 0 fully saturated rings. The molecule has 0 aliphatic rings. The number of hydrogen-bond acceptors (Lipinski definition) is 5. The standard InChI is InChI=1S/C19H19NO5/c1-23-15-9-13-14(21)10-16(22)20(11-12-7-5-4-6-8-12)17(13)19(25-3)18(15)24-2/h4-10,21H,11H2,1-3H3. The van der Waals surface area contributed by atoms with E-state index in [-0.39, 0.29) is 11.3 Å². The Morgan fingerprint density at radius 1 is 0.960 bits per heavy atom. The molecule has 130 valence electrons. The molecule has 0 atom stereocenters. The van der Waals surface area contributed by atoms with Crippen molar-refractivity contribution >= 4 is 10.9 Å². The molecule has 2 aromatic carbocycles. The smallest absolute Gasteiger partial charge is 0.255 e. The van der Waals surface area contributed by atoms with Crippen LogP contribution in [0.3, 0.4) is 0 Å². The molecule has 0 radical (unpaired) electrons. The molecule has 0 aliphatic heterocycles. The number of benzene rings is 2. The van der Waals surface area contributed by atoms with Crippen molar-refractivity contribution in [3.8, 4) is 23.0 Å². The third-order valence-electron chi connectivity index (χ3n) is 4.06. The maximum atomic E-state index is 12.6. The van der Waals surface area contributed by atoms with Crippen LogP contribution in [0.25, 0.3) is 10.9 Å². The SMILES string of the molecule is COc1cc2c(O)cc(=O)n(Cc3ccccc3)c2c(OC)c1OC. The highest BCUT2D eigenvalue weighted by atomic mass is 16.5. The lowest BCUT2D eigenvalue weighted by molar-refractivity contribution is 0.326. The van der Waals surface area contributed by atoms with E-state index in [0.29, 0.717) is 34.7 Å². The van der Waals surface area contributed by atoms with Crippen LogP contribution >= 0.6 is 0 Å². The highest BCUT2D eigenvalue weighted by Gasteiger charge is 2.21. The van der Waals surface area contributed by atoms with Gasteiger partial charge in [-0.1, -0.05) is 30.3 Å². The fourth-order valence-corrected chi connectivity index (χ4v) is 2.91. The van der Waals surface area contributed by atoms with Gasteiger partial charge in [0.05, 0.1) is 27.9 Å². The summed E-state index contributed by atoms with van der Waals surface area (Å²) in [6, 6.07) is 12.4. The second kappa shape index (κ2) is 6.76. The van der Waals surface area contributed by atoms with Crippen LogP contribution < -0.4 is 19.8 Å². The van der Waals surface area contributed by atoms with Gasteiger partial charge < -0.3 is 23.9 Å². The predicted molar refractivity (Wildman–Crippen MR) is 95.1 cm³/mol. The van der Waals surface area contributed by atoms with E-state index in [0.717, 1.165) is 5.56 Å². The van der Waals surface area contributed by atoms with E-state index in [1.807, 2.05) is 30.3 Å². The van der Waals surface area contributed by atoms with Crippen LogP contribution in [0.1, 0.15) is 5.56 Å². The molecule has 1 N–H and O–H groups in total. The summed E-state index contributed by atoms with van der Waals surface area (Å²) in [5.41, 5.74) is 1.07. The molecule has 6 heteroatoms. The highest BCUT2D eigenvalue weighted by molar-refractivity contribution is 5.94. The monoisotopic (exact) mass is 341 g/mol. The average Bonchev–Trinajstić information content (AvgIpc) is 2.64. The maximum absolute atomic E-state index is 12.6. The van der Waals surface area contributed by atoms with Crippen LogP contribution in [0.4, 0.5) is 0 Å². The molecule has 25 heavy (non-hydrogen) atoms. The molecule has 0 saturated heterocycles. The Kier molecular flexibility index (Phi) is 4.52. The lowest BCUT2D eigenvalue weighted by atomic mass is 10.1. The van der Waals surface area contributed by atoms with E-state index in [1.165, 1.54) is 27.4 Å². The van der Waals surface area contributed by atoms with Crippen molar-refractivity contribution in [2.24, 2.45) is 0 Å². The summed E-state index contributed by atoms with van der Waals surface area (Å²) in [4.78, 5) is 12.6. The molecule has 0 amide bonds. The lowest BCUT2D eigenvalue weighted by Gasteiger charge is -2.18. The van der Waals surface area contributed by atoms with Gasteiger partial charge in [0.2, 0.25) is 5.75 Å². The second-order valence-corrected chi connectivity index (χ2v) is 5.48. The van der Waals surface area contributed by atoms with Gasteiger partial charge in [-0.3, -0.25) is 4.79 Å². The van der Waals surface area contributed by atoms with E-state index in [9.17, 15) is 9.90 Å². The molecule has 0 unspecified atom stereocenters. The number of hydrogen-bond donors (Lipinski definition) is 1. The summed E-state index contributed by atoms with van der Waals surface area (Å²) in [5.74, 6) is 0.973. The first-order valence-electron chi connectivity index (χ1n) is 7.70. The van der Waals surface area contributed by atoms with Gasteiger partial charge in [-0.2, -0.15) is 0 Å². The Morgan fingerprint density at radius 2 is 1.64 bits per heavy atom. The summed E-state index contributed by atoms with van der Waals surface area (Å²) in [7, 11) is 4.48. The summed E-state index contributed by atoms with van der Waals surface area (Å²) in [5, 5.41) is 10.7. The van der Waals surface area contributed by atoms with Crippen molar-refractivity contribution in [1.29, 1.82) is 0 Å². The first-order valence-corrected chi connectivity index (χ1v) is 7.70. The van der Waals surface area contributed by atoms with Crippen molar-refractivity contribution in [1.82, 2.24) is 4.57 Å². The first-order chi connectivity index (χ1) is 12.1. The minimum Gasteiger partial charge on any atom is -0.507 e. The molecule has 0 spiro atoms. The number of aromatic nitrogens is 1. The zero-order chi connectivity index (χ0) is 18.0. The van der Waals surface area contributed by atoms with Gasteiger partial charge in [0.15, 0.2) is 11.5 Å². The minimum absolute atomic E-state index is 0.136. The van der Waals surface area contributed by atoms with Crippen LogP contribution in [0, 0.1) is 0 Å². The van der Waals surface area contributed by atoms with Gasteiger partial charge in [0, 0.05) is 11.5 Å². The van der Waals surface area contributed by atoms with Gasteiger partial charge in [-0.15, -0.1) is 0 Å². The number of methoxy groups -OCH3 is 3. The zero-order valence-corrected chi connectivity index (χ0v) is 14.3. The predicted octanol–water partition coefficient (Wildman–Crippen LogP) is 2.78. The van der Waals surface area contributed by atoms with E-state index < -0.39 is 0 Å². The summed E-state index contributed by atoms with van der Waals surface area (Å²) < 4.78 is 17.8. The topological polar surface area (TPSA) is 69.9 Å². The van der Waals surface area contributed by atoms with Crippen molar-refractivity contribution in [3.63, 3.8) is 0 Å². The molecule has 6 nitrogen and oxygen atoms in total. The second-order valence-electron chi connectivity index (χ2n) is 5.48. The van der Waals surface area contributed by atoms with Crippen LogP contribution in [0.5, 0.6) is 23.0 Å². The average molecular weight is 341 g/mol. The Hall–Kier alpha value is -3.15. The molecular formula is C19H19NO5. The van der Waals surface area contributed by atoms with Gasteiger partial charge in [0.1, 0.15) is 11.3 Å². The summed E-state index contributed by atoms with van der Waals surface area (Å²) in [6.07, 6.45) is 0. The quantitative estimate of drug-likeness (QED) is 0.773. The molecule has 0 aliphatic carbocycles. The van der Waals surface area contributed by atoms with Gasteiger partial charge in [-0.05, 0) is 11.6 Å². The van der Waals surface area contributed by atoms with Crippen LogP contribution in [-0.2, 0) is 6.54 Å². The maximum Gasteiger partial charge on any atom is 0.255 e. The molecule has 0 bridgehead atoms. The van der Waals surface area contributed by atoms with Crippen molar-refractivity contribution in [2.45, 2.75) is 6.54 Å². The zero-order valence-electron chi connectivity index (χ0n) is 14.3. The minimum atomic E-state index is -0.334. The fourth-order valence-electron chi connectivity index (χ4n) is 2.91. The molecule has 3 aromatic rings. The Morgan fingerprint density at radius 3 is 2.24 bits per heavy atom. The third kappa shape index (κ3) is 2.87. The van der Waals surface area contributed by atoms with E-state index in [1.54, 1.807) is 10.6 Å². The number of rotatable bonds is 5. The van der Waals surface area contributed by atoms with Crippen molar-refractivity contribution in [3.05, 3.63) is 58.4 Å². The molecular weight excluding hydrogens is 322 g/mol. The van der Waals surface area contributed by atoms with Crippen molar-refractivity contribution in [2.75, 3.05) is 21.3 Å². The number of pyridine rings is 1. The number of ether oxygens (including phenoxy) is 3. The van der Waals surface area contributed by atoms with Crippen LogP contribution in [-0.4, -0.2) is 31.0 Å². The highest BCUT2D eigenvalue weighted by Crippen LogP contribution is 2.44. The van der Waals surface area contributed by atoms with Gasteiger partial charge >= 0.3 is 0 Å². The fraction of sp³-hybridized carbons (Fsp3) is 0.211. The number of fused-ring (bicyclic) bond motifs is 1.